The molecule has 0 saturated heterocycles. The summed E-state index contributed by atoms with van der Waals surface area (Å²) in [4.78, 5) is 0. The number of hydrogen-bond acceptors (Lipinski definition) is 2. The molecule has 0 aromatic heterocycles. The van der Waals surface area contributed by atoms with Crippen molar-refractivity contribution in [2.24, 2.45) is 0 Å². The van der Waals surface area contributed by atoms with Crippen LogP contribution in [0.2, 0.25) is 5.02 Å². The molecule has 20 heavy (non-hydrogen) atoms. The van der Waals surface area contributed by atoms with Crippen LogP contribution in [0.5, 0.6) is 5.75 Å². The Kier molecular flexibility index (Phi) is 5.32. The molecule has 0 aliphatic rings. The number of nitrogens with one attached hydrogen (secondary N) is 1. The third-order valence-electron chi connectivity index (χ3n) is 2.71. The predicted octanol–water partition coefficient (Wildman–Crippen LogP) is 5.50. The maximum absolute atomic E-state index is 6.07. The van der Waals surface area contributed by atoms with Crippen molar-refractivity contribution in [2.75, 3.05) is 5.32 Å². The van der Waals surface area contributed by atoms with Gasteiger partial charge in [-0.25, -0.2) is 0 Å². The zero-order valence-corrected chi connectivity index (χ0v) is 13.8. The fourth-order valence-corrected chi connectivity index (χ4v) is 2.28. The van der Waals surface area contributed by atoms with Gasteiger partial charge in [-0.3, -0.25) is 0 Å². The average Bonchev–Trinajstić information content (AvgIpc) is 2.40. The highest BCUT2D eigenvalue weighted by atomic mass is 79.9. The van der Waals surface area contributed by atoms with Crippen LogP contribution >= 0.6 is 27.5 Å². The Labute approximate surface area is 133 Å². The van der Waals surface area contributed by atoms with Crippen LogP contribution in [0.25, 0.3) is 0 Å². The zero-order chi connectivity index (χ0) is 14.5. The van der Waals surface area contributed by atoms with Gasteiger partial charge >= 0.3 is 0 Å². The van der Waals surface area contributed by atoms with Gasteiger partial charge < -0.3 is 10.1 Å². The number of ether oxygens (including phenoxy) is 1. The van der Waals surface area contributed by atoms with E-state index in [0.717, 1.165) is 21.5 Å². The molecule has 0 aliphatic heterocycles. The van der Waals surface area contributed by atoms with Gasteiger partial charge in [0, 0.05) is 27.3 Å². The molecule has 0 unspecified atom stereocenters. The molecular formula is C16H17BrClNO. The molecule has 0 spiro atoms. The van der Waals surface area contributed by atoms with Gasteiger partial charge in [0.1, 0.15) is 5.75 Å². The summed E-state index contributed by atoms with van der Waals surface area (Å²) in [5.74, 6) is 0.869. The van der Waals surface area contributed by atoms with Crippen molar-refractivity contribution < 1.29 is 4.74 Å². The topological polar surface area (TPSA) is 21.3 Å². The Morgan fingerprint density at radius 1 is 1.15 bits per heavy atom. The van der Waals surface area contributed by atoms with Crippen LogP contribution in [0.1, 0.15) is 19.4 Å². The largest absolute Gasteiger partial charge is 0.491 e. The Morgan fingerprint density at radius 3 is 2.50 bits per heavy atom. The van der Waals surface area contributed by atoms with E-state index in [1.54, 1.807) is 0 Å². The van der Waals surface area contributed by atoms with Crippen molar-refractivity contribution in [3.05, 3.63) is 57.5 Å². The van der Waals surface area contributed by atoms with Crippen molar-refractivity contribution >= 4 is 33.2 Å². The second-order valence-corrected chi connectivity index (χ2v) is 6.13. The predicted molar refractivity (Wildman–Crippen MR) is 88.7 cm³/mol. The van der Waals surface area contributed by atoms with Gasteiger partial charge in [0.15, 0.2) is 0 Å². The highest BCUT2D eigenvalue weighted by Gasteiger charge is 2.06. The Balaban J connectivity index is 2.11. The van der Waals surface area contributed by atoms with E-state index in [1.807, 2.05) is 56.3 Å². The first-order chi connectivity index (χ1) is 9.54. The average molecular weight is 355 g/mol. The van der Waals surface area contributed by atoms with E-state index in [1.165, 1.54) is 0 Å². The molecule has 106 valence electrons. The Morgan fingerprint density at radius 2 is 1.85 bits per heavy atom. The second-order valence-electron chi connectivity index (χ2n) is 4.78. The van der Waals surface area contributed by atoms with Crippen molar-refractivity contribution in [1.29, 1.82) is 0 Å². The van der Waals surface area contributed by atoms with Gasteiger partial charge in [0.05, 0.1) is 6.10 Å². The summed E-state index contributed by atoms with van der Waals surface area (Å²) >= 11 is 9.49. The summed E-state index contributed by atoms with van der Waals surface area (Å²) in [6, 6.07) is 13.8. The maximum atomic E-state index is 6.07. The molecule has 0 aliphatic carbocycles. The highest BCUT2D eigenvalue weighted by Crippen LogP contribution is 2.25. The van der Waals surface area contributed by atoms with Gasteiger partial charge in [-0.05, 0) is 56.3 Å². The Hall–Kier alpha value is -1.19. The summed E-state index contributed by atoms with van der Waals surface area (Å²) in [6.07, 6.45) is 0.141. The van der Waals surface area contributed by atoms with Crippen LogP contribution in [-0.4, -0.2) is 6.10 Å². The molecule has 1 N–H and O–H groups in total. The third kappa shape index (κ3) is 4.43. The van der Waals surface area contributed by atoms with Gasteiger partial charge in [0.2, 0.25) is 0 Å². The van der Waals surface area contributed by atoms with E-state index in [4.69, 9.17) is 16.3 Å². The SMILES string of the molecule is CC(C)Oc1ccc(Cl)cc1CNc1ccc(Br)cc1. The standard InChI is InChI=1S/C16H17BrClNO/c1-11(2)20-16-8-5-14(18)9-12(16)10-19-15-6-3-13(17)4-7-15/h3-9,11,19H,10H2,1-2H3. The summed E-state index contributed by atoms with van der Waals surface area (Å²) in [5.41, 5.74) is 2.11. The summed E-state index contributed by atoms with van der Waals surface area (Å²) < 4.78 is 6.87. The molecule has 2 aromatic carbocycles. The molecule has 4 heteroatoms. The molecule has 0 amide bonds. The van der Waals surface area contributed by atoms with Crippen molar-refractivity contribution in [1.82, 2.24) is 0 Å². The summed E-state index contributed by atoms with van der Waals surface area (Å²) in [6.45, 7) is 4.70. The molecule has 0 radical (unpaired) electrons. The fourth-order valence-electron chi connectivity index (χ4n) is 1.82. The lowest BCUT2D eigenvalue weighted by Gasteiger charge is -2.15. The lowest BCUT2D eigenvalue weighted by Crippen LogP contribution is -2.09. The Bertz CT molecular complexity index is 569. The molecule has 2 rings (SSSR count). The molecule has 0 saturated carbocycles. The molecule has 0 bridgehead atoms. The van der Waals surface area contributed by atoms with Gasteiger partial charge in [0.25, 0.3) is 0 Å². The van der Waals surface area contributed by atoms with Gasteiger partial charge in [-0.2, -0.15) is 0 Å². The minimum Gasteiger partial charge on any atom is -0.491 e. The second kappa shape index (κ2) is 7.00. The van der Waals surface area contributed by atoms with E-state index in [-0.39, 0.29) is 6.10 Å². The van der Waals surface area contributed by atoms with Crippen LogP contribution < -0.4 is 10.1 Å². The van der Waals surface area contributed by atoms with Crippen LogP contribution in [0.3, 0.4) is 0 Å². The zero-order valence-electron chi connectivity index (χ0n) is 11.5. The minimum atomic E-state index is 0.141. The number of benzene rings is 2. The van der Waals surface area contributed by atoms with E-state index in [9.17, 15) is 0 Å². The van der Waals surface area contributed by atoms with E-state index >= 15 is 0 Å². The smallest absolute Gasteiger partial charge is 0.124 e. The van der Waals surface area contributed by atoms with Crippen molar-refractivity contribution in [3.8, 4) is 5.75 Å². The van der Waals surface area contributed by atoms with Crippen LogP contribution in [0, 0.1) is 0 Å². The first-order valence-electron chi connectivity index (χ1n) is 6.49. The summed E-state index contributed by atoms with van der Waals surface area (Å²) in [5, 5.41) is 4.09. The van der Waals surface area contributed by atoms with Crippen molar-refractivity contribution in [2.45, 2.75) is 26.5 Å². The third-order valence-corrected chi connectivity index (χ3v) is 3.48. The van der Waals surface area contributed by atoms with Crippen molar-refractivity contribution in [3.63, 3.8) is 0 Å². The van der Waals surface area contributed by atoms with Crippen LogP contribution in [0.15, 0.2) is 46.9 Å². The molecule has 2 nitrogen and oxygen atoms in total. The lowest BCUT2D eigenvalue weighted by atomic mass is 10.2. The van der Waals surface area contributed by atoms with E-state index < -0.39 is 0 Å². The molecule has 0 fully saturated rings. The first-order valence-corrected chi connectivity index (χ1v) is 7.66. The highest BCUT2D eigenvalue weighted by molar-refractivity contribution is 9.10. The lowest BCUT2D eigenvalue weighted by molar-refractivity contribution is 0.240. The monoisotopic (exact) mass is 353 g/mol. The molecule has 0 heterocycles. The number of rotatable bonds is 5. The quantitative estimate of drug-likeness (QED) is 0.765. The van der Waals surface area contributed by atoms with Crippen LogP contribution in [-0.2, 0) is 6.54 Å². The maximum Gasteiger partial charge on any atom is 0.124 e. The molecule has 2 aromatic rings. The molecule has 0 atom stereocenters. The minimum absolute atomic E-state index is 0.141. The molecular weight excluding hydrogens is 338 g/mol. The van der Waals surface area contributed by atoms with E-state index in [2.05, 4.69) is 21.2 Å². The first kappa shape index (κ1) is 15.2. The van der Waals surface area contributed by atoms with Gasteiger partial charge in [-0.1, -0.05) is 27.5 Å². The van der Waals surface area contributed by atoms with Crippen LogP contribution in [0.4, 0.5) is 5.69 Å². The van der Waals surface area contributed by atoms with E-state index in [0.29, 0.717) is 11.6 Å². The number of hydrogen-bond donors (Lipinski definition) is 1. The summed E-state index contributed by atoms with van der Waals surface area (Å²) in [7, 11) is 0. The normalized spacial score (nSPS) is 10.7. The van der Waals surface area contributed by atoms with Gasteiger partial charge in [-0.15, -0.1) is 0 Å². The fraction of sp³-hybridized carbons (Fsp3) is 0.250. The number of anilines is 1. The number of halogens is 2.